The van der Waals surface area contributed by atoms with Gasteiger partial charge in [-0.3, -0.25) is 0 Å². The average molecular weight is 502 g/mol. The van der Waals surface area contributed by atoms with Crippen molar-refractivity contribution in [3.05, 3.63) is 107 Å². The Hall–Kier alpha value is -2.99. The summed E-state index contributed by atoms with van der Waals surface area (Å²) in [5.41, 5.74) is 2.37. The number of aromatic carboxylic acids is 1. The number of piperidine rings is 1. The van der Waals surface area contributed by atoms with Crippen LogP contribution in [0.3, 0.4) is 0 Å². The predicted molar refractivity (Wildman–Crippen MR) is 147 cm³/mol. The van der Waals surface area contributed by atoms with Crippen LogP contribution in [0.2, 0.25) is 0 Å². The van der Waals surface area contributed by atoms with Crippen molar-refractivity contribution < 1.29 is 20.1 Å². The van der Waals surface area contributed by atoms with Gasteiger partial charge in [-0.15, -0.1) is 0 Å². The van der Waals surface area contributed by atoms with E-state index in [9.17, 15) is 20.1 Å². The first-order chi connectivity index (χ1) is 18.0. The van der Waals surface area contributed by atoms with Crippen LogP contribution in [0.25, 0.3) is 0 Å². The molecule has 1 atom stereocenters. The van der Waals surface area contributed by atoms with Crippen LogP contribution in [0.1, 0.15) is 71.5 Å². The summed E-state index contributed by atoms with van der Waals surface area (Å²) in [7, 11) is 0. The molecule has 0 amide bonds. The molecule has 0 aliphatic carbocycles. The molecule has 5 heteroatoms. The maximum atomic E-state index is 12.1. The SMILES string of the molecule is O=C(O)c1ccc(C(CCCO)CCCN2CCC(C(O)(c3ccccc3)c3ccccc3)CC2)cc1. The highest BCUT2D eigenvalue weighted by molar-refractivity contribution is 5.87. The van der Waals surface area contributed by atoms with Gasteiger partial charge in [0.15, 0.2) is 0 Å². The summed E-state index contributed by atoms with van der Waals surface area (Å²) < 4.78 is 0. The molecule has 0 saturated carbocycles. The smallest absolute Gasteiger partial charge is 0.335 e. The lowest BCUT2D eigenvalue weighted by Crippen LogP contribution is -2.44. The summed E-state index contributed by atoms with van der Waals surface area (Å²) in [6, 6.07) is 27.3. The van der Waals surface area contributed by atoms with E-state index in [-0.39, 0.29) is 12.5 Å². The minimum atomic E-state index is -0.994. The first kappa shape index (κ1) is 27.1. The zero-order valence-electron chi connectivity index (χ0n) is 21.5. The van der Waals surface area contributed by atoms with Crippen molar-refractivity contribution in [2.45, 2.75) is 50.0 Å². The van der Waals surface area contributed by atoms with Gasteiger partial charge in [0.25, 0.3) is 0 Å². The van der Waals surface area contributed by atoms with Crippen LogP contribution in [-0.2, 0) is 5.60 Å². The van der Waals surface area contributed by atoms with Crippen molar-refractivity contribution in [1.29, 1.82) is 0 Å². The lowest BCUT2D eigenvalue weighted by Gasteiger charge is -2.42. The van der Waals surface area contributed by atoms with Crippen LogP contribution in [0.5, 0.6) is 0 Å². The van der Waals surface area contributed by atoms with Crippen molar-refractivity contribution in [3.8, 4) is 0 Å². The molecule has 1 heterocycles. The Labute approximate surface area is 220 Å². The van der Waals surface area contributed by atoms with Crippen LogP contribution in [0.15, 0.2) is 84.9 Å². The van der Waals surface area contributed by atoms with Gasteiger partial charge >= 0.3 is 5.97 Å². The molecule has 196 valence electrons. The minimum absolute atomic E-state index is 0.151. The second-order valence-corrected chi connectivity index (χ2v) is 10.2. The molecule has 3 N–H and O–H groups in total. The van der Waals surface area contributed by atoms with Crippen LogP contribution in [0, 0.1) is 5.92 Å². The summed E-state index contributed by atoms with van der Waals surface area (Å²) in [5, 5.41) is 30.6. The van der Waals surface area contributed by atoms with E-state index in [1.54, 1.807) is 12.1 Å². The summed E-state index contributed by atoms with van der Waals surface area (Å²) in [5.74, 6) is -0.444. The Morgan fingerprint density at radius 2 is 1.38 bits per heavy atom. The Balaban J connectivity index is 1.35. The van der Waals surface area contributed by atoms with E-state index in [0.29, 0.717) is 11.5 Å². The van der Waals surface area contributed by atoms with E-state index >= 15 is 0 Å². The van der Waals surface area contributed by atoms with Gasteiger partial charge in [-0.05, 0) is 98.8 Å². The standard InChI is InChI=1S/C32H39NO4/c34-24-8-10-25(26-15-17-27(18-16-26)31(35)36)9-7-21-33-22-19-30(20-23-33)32(37,28-11-3-1-4-12-28)29-13-5-2-6-14-29/h1-6,11-18,25,30,34,37H,7-10,19-24H2,(H,35,36). The molecule has 1 unspecified atom stereocenters. The lowest BCUT2D eigenvalue weighted by atomic mass is 9.72. The molecule has 1 aliphatic heterocycles. The molecule has 0 spiro atoms. The molecule has 1 fully saturated rings. The largest absolute Gasteiger partial charge is 0.478 e. The second kappa shape index (κ2) is 13.0. The fraction of sp³-hybridized carbons (Fsp3) is 0.406. The molecule has 0 bridgehead atoms. The molecule has 5 nitrogen and oxygen atoms in total. The van der Waals surface area contributed by atoms with Gasteiger partial charge in [-0.1, -0.05) is 72.8 Å². The quantitative estimate of drug-likeness (QED) is 0.298. The lowest BCUT2D eigenvalue weighted by molar-refractivity contribution is -0.0143. The predicted octanol–water partition coefficient (Wildman–Crippen LogP) is 5.67. The van der Waals surface area contributed by atoms with Crippen LogP contribution >= 0.6 is 0 Å². The fourth-order valence-corrected chi connectivity index (χ4v) is 5.87. The van der Waals surface area contributed by atoms with Gasteiger partial charge in [0, 0.05) is 6.61 Å². The monoisotopic (exact) mass is 501 g/mol. The number of nitrogens with zero attached hydrogens (tertiary/aromatic N) is 1. The van der Waals surface area contributed by atoms with Gasteiger partial charge < -0.3 is 20.2 Å². The highest BCUT2D eigenvalue weighted by Gasteiger charge is 2.41. The van der Waals surface area contributed by atoms with E-state index in [2.05, 4.69) is 4.90 Å². The summed E-state index contributed by atoms with van der Waals surface area (Å²) in [4.78, 5) is 13.7. The number of carboxylic acids is 1. The molecule has 37 heavy (non-hydrogen) atoms. The Morgan fingerprint density at radius 3 is 1.89 bits per heavy atom. The number of hydrogen-bond acceptors (Lipinski definition) is 4. The molecule has 3 aromatic rings. The van der Waals surface area contributed by atoms with Crippen molar-refractivity contribution in [1.82, 2.24) is 4.90 Å². The normalized spacial score (nSPS) is 15.9. The van der Waals surface area contributed by atoms with Gasteiger partial charge in [-0.25, -0.2) is 4.79 Å². The Bertz CT molecular complexity index is 1050. The highest BCUT2D eigenvalue weighted by atomic mass is 16.4. The van der Waals surface area contributed by atoms with E-state index in [1.165, 1.54) is 0 Å². The molecule has 1 saturated heterocycles. The summed E-state index contributed by atoms with van der Waals surface area (Å²) >= 11 is 0. The highest BCUT2D eigenvalue weighted by Crippen LogP contribution is 2.42. The van der Waals surface area contributed by atoms with Gasteiger partial charge in [0.05, 0.1) is 5.56 Å². The number of benzene rings is 3. The van der Waals surface area contributed by atoms with Crippen LogP contribution < -0.4 is 0 Å². The van der Waals surface area contributed by atoms with Crippen molar-refractivity contribution in [2.24, 2.45) is 5.92 Å². The first-order valence-electron chi connectivity index (χ1n) is 13.5. The number of aliphatic hydroxyl groups is 2. The van der Waals surface area contributed by atoms with E-state index in [1.807, 2.05) is 72.8 Å². The molecular weight excluding hydrogens is 462 g/mol. The Kier molecular flexibility index (Phi) is 9.51. The van der Waals surface area contributed by atoms with E-state index < -0.39 is 11.6 Å². The third-order valence-electron chi connectivity index (χ3n) is 7.97. The third kappa shape index (κ3) is 6.67. The maximum absolute atomic E-state index is 12.1. The number of rotatable bonds is 12. The zero-order chi connectivity index (χ0) is 26.1. The molecule has 4 rings (SSSR count). The average Bonchev–Trinajstić information content (AvgIpc) is 2.96. The van der Waals surface area contributed by atoms with Crippen LogP contribution in [-0.4, -0.2) is 52.4 Å². The number of aliphatic hydroxyl groups excluding tert-OH is 1. The summed E-state index contributed by atoms with van der Waals surface area (Å²) in [6.07, 6.45) is 5.56. The van der Waals surface area contributed by atoms with Gasteiger partial charge in [0.2, 0.25) is 0 Å². The van der Waals surface area contributed by atoms with E-state index in [4.69, 9.17) is 0 Å². The Morgan fingerprint density at radius 1 is 0.838 bits per heavy atom. The van der Waals surface area contributed by atoms with Crippen LogP contribution in [0.4, 0.5) is 0 Å². The van der Waals surface area contributed by atoms with E-state index in [0.717, 1.165) is 74.8 Å². The third-order valence-corrected chi connectivity index (χ3v) is 7.97. The number of carbonyl (C=O) groups is 1. The second-order valence-electron chi connectivity index (χ2n) is 10.2. The first-order valence-corrected chi connectivity index (χ1v) is 13.5. The topological polar surface area (TPSA) is 81.0 Å². The minimum Gasteiger partial charge on any atom is -0.478 e. The maximum Gasteiger partial charge on any atom is 0.335 e. The molecule has 3 aromatic carbocycles. The molecule has 0 radical (unpaired) electrons. The zero-order valence-corrected chi connectivity index (χ0v) is 21.5. The fourth-order valence-electron chi connectivity index (χ4n) is 5.87. The van der Waals surface area contributed by atoms with Crippen molar-refractivity contribution in [2.75, 3.05) is 26.2 Å². The number of hydrogen-bond donors (Lipinski definition) is 3. The summed E-state index contributed by atoms with van der Waals surface area (Å²) in [6.45, 7) is 3.09. The number of likely N-dealkylation sites (tertiary alicyclic amines) is 1. The van der Waals surface area contributed by atoms with Gasteiger partial charge in [0.1, 0.15) is 5.60 Å². The van der Waals surface area contributed by atoms with Gasteiger partial charge in [-0.2, -0.15) is 0 Å². The molecule has 1 aliphatic rings. The molecule has 0 aromatic heterocycles. The molecular formula is C32H39NO4. The van der Waals surface area contributed by atoms with Crippen molar-refractivity contribution in [3.63, 3.8) is 0 Å². The number of carboxylic acid groups (broad SMARTS) is 1. The van der Waals surface area contributed by atoms with Crippen molar-refractivity contribution >= 4 is 5.97 Å².